The van der Waals surface area contributed by atoms with E-state index in [9.17, 15) is 0 Å². The third kappa shape index (κ3) is 1.97. The molecule has 0 nitrogen and oxygen atoms in total. The molecule has 1 unspecified atom stereocenters. The molecule has 1 rings (SSSR count). The highest BCUT2D eigenvalue weighted by Crippen LogP contribution is 2.24. The molecule has 0 fully saturated rings. The summed E-state index contributed by atoms with van der Waals surface area (Å²) in [6.07, 6.45) is 2.03. The van der Waals surface area contributed by atoms with Gasteiger partial charge in [-0.2, -0.15) is 0 Å². The topological polar surface area (TPSA) is 0 Å². The van der Waals surface area contributed by atoms with Gasteiger partial charge in [-0.1, -0.05) is 50.3 Å². The summed E-state index contributed by atoms with van der Waals surface area (Å²) in [5, 5.41) is 0. The molecule has 0 heteroatoms. The number of rotatable bonds is 3. The minimum absolute atomic E-state index is 0.492. The molecular weight excluding hydrogens is 144 g/mol. The van der Waals surface area contributed by atoms with Gasteiger partial charge < -0.3 is 0 Å². The molecule has 1 aromatic rings. The smallest absolute Gasteiger partial charge is 0.00383 e. The number of benzene rings is 1. The lowest BCUT2D eigenvalue weighted by atomic mass is 9.89. The van der Waals surface area contributed by atoms with Crippen LogP contribution in [0.15, 0.2) is 43.0 Å². The molecule has 1 atom stereocenters. The highest BCUT2D eigenvalue weighted by Gasteiger charge is 2.10. The maximum absolute atomic E-state index is 3.86. The number of hydrogen-bond acceptors (Lipinski definition) is 0. The van der Waals surface area contributed by atoms with Gasteiger partial charge in [-0.3, -0.25) is 0 Å². The summed E-state index contributed by atoms with van der Waals surface area (Å²) in [4.78, 5) is 0. The fourth-order valence-electron chi connectivity index (χ4n) is 1.47. The van der Waals surface area contributed by atoms with Gasteiger partial charge in [0.1, 0.15) is 0 Å². The highest BCUT2D eigenvalue weighted by molar-refractivity contribution is 5.23. The van der Waals surface area contributed by atoms with Gasteiger partial charge in [-0.25, -0.2) is 0 Å². The van der Waals surface area contributed by atoms with Crippen molar-refractivity contribution in [2.24, 2.45) is 5.92 Å². The summed E-state index contributed by atoms with van der Waals surface area (Å²) in [5.41, 5.74) is 1.36. The van der Waals surface area contributed by atoms with Gasteiger partial charge in [0.25, 0.3) is 0 Å². The Kier molecular flexibility index (Phi) is 3.09. The van der Waals surface area contributed by atoms with E-state index in [1.165, 1.54) is 5.56 Å². The molecule has 0 aliphatic rings. The summed E-state index contributed by atoms with van der Waals surface area (Å²) >= 11 is 0. The Morgan fingerprint density at radius 2 is 1.75 bits per heavy atom. The van der Waals surface area contributed by atoms with E-state index in [1.807, 2.05) is 12.1 Å². The number of allylic oxidation sites excluding steroid dienone is 1. The zero-order chi connectivity index (χ0) is 8.97. The van der Waals surface area contributed by atoms with Crippen LogP contribution in [0.5, 0.6) is 0 Å². The van der Waals surface area contributed by atoms with Gasteiger partial charge in [0, 0.05) is 5.92 Å². The Balaban J connectivity index is 2.88. The van der Waals surface area contributed by atoms with Crippen LogP contribution in [-0.2, 0) is 0 Å². The molecule has 0 N–H and O–H groups in total. The van der Waals surface area contributed by atoms with Crippen LogP contribution in [0.2, 0.25) is 0 Å². The summed E-state index contributed by atoms with van der Waals surface area (Å²) in [7, 11) is 0. The summed E-state index contributed by atoms with van der Waals surface area (Å²) in [5.74, 6) is 1.12. The Hall–Kier alpha value is -1.04. The molecule has 12 heavy (non-hydrogen) atoms. The fourth-order valence-corrected chi connectivity index (χ4v) is 1.47. The quantitative estimate of drug-likeness (QED) is 0.592. The van der Waals surface area contributed by atoms with Crippen molar-refractivity contribution in [1.82, 2.24) is 0 Å². The van der Waals surface area contributed by atoms with Crippen molar-refractivity contribution in [3.05, 3.63) is 48.6 Å². The van der Waals surface area contributed by atoms with E-state index in [0.29, 0.717) is 11.8 Å². The molecule has 0 saturated carbocycles. The summed E-state index contributed by atoms with van der Waals surface area (Å²) in [6.45, 7) is 8.30. The van der Waals surface area contributed by atoms with E-state index in [1.54, 1.807) is 0 Å². The molecule has 64 valence electrons. The standard InChI is InChI=1S/C12H16/c1-4-12(10(2)3)11-8-6-5-7-9-11/h4-10,12H,1H2,2-3H3. The van der Waals surface area contributed by atoms with Crippen molar-refractivity contribution in [3.8, 4) is 0 Å². The predicted molar refractivity (Wildman–Crippen MR) is 54.2 cm³/mol. The predicted octanol–water partition coefficient (Wildman–Crippen LogP) is 3.61. The van der Waals surface area contributed by atoms with Gasteiger partial charge in [-0.15, -0.1) is 6.58 Å². The third-order valence-corrected chi connectivity index (χ3v) is 2.16. The van der Waals surface area contributed by atoms with E-state index in [-0.39, 0.29) is 0 Å². The minimum Gasteiger partial charge on any atom is -0.102 e. The van der Waals surface area contributed by atoms with Crippen LogP contribution in [0.1, 0.15) is 25.3 Å². The first-order valence-electron chi connectivity index (χ1n) is 4.43. The second-order valence-corrected chi connectivity index (χ2v) is 3.42. The monoisotopic (exact) mass is 160 g/mol. The summed E-state index contributed by atoms with van der Waals surface area (Å²) < 4.78 is 0. The maximum atomic E-state index is 3.86. The first-order chi connectivity index (χ1) is 5.75. The first-order valence-corrected chi connectivity index (χ1v) is 4.43. The molecule has 1 aromatic carbocycles. The van der Waals surface area contributed by atoms with Crippen LogP contribution in [0.25, 0.3) is 0 Å². The largest absolute Gasteiger partial charge is 0.102 e. The SMILES string of the molecule is C=CC(c1ccccc1)C(C)C. The van der Waals surface area contributed by atoms with E-state index >= 15 is 0 Å². The maximum Gasteiger partial charge on any atom is 0.00383 e. The molecule has 0 spiro atoms. The molecule has 0 aromatic heterocycles. The second kappa shape index (κ2) is 4.10. The van der Waals surface area contributed by atoms with Crippen LogP contribution >= 0.6 is 0 Å². The van der Waals surface area contributed by atoms with Gasteiger partial charge >= 0.3 is 0 Å². The van der Waals surface area contributed by atoms with E-state index in [0.717, 1.165) is 0 Å². The molecule has 0 bridgehead atoms. The Labute approximate surface area is 74.9 Å². The van der Waals surface area contributed by atoms with E-state index < -0.39 is 0 Å². The lowest BCUT2D eigenvalue weighted by molar-refractivity contribution is 0.579. The normalized spacial score (nSPS) is 12.9. The zero-order valence-corrected chi connectivity index (χ0v) is 7.83. The molecule has 0 saturated heterocycles. The fraction of sp³-hybridized carbons (Fsp3) is 0.333. The Morgan fingerprint density at radius 3 is 2.17 bits per heavy atom. The van der Waals surface area contributed by atoms with Crippen molar-refractivity contribution < 1.29 is 0 Å². The van der Waals surface area contributed by atoms with Crippen molar-refractivity contribution in [2.75, 3.05) is 0 Å². The minimum atomic E-state index is 0.492. The Morgan fingerprint density at radius 1 is 1.17 bits per heavy atom. The first kappa shape index (κ1) is 9.05. The van der Waals surface area contributed by atoms with Gasteiger partial charge in [0.05, 0.1) is 0 Å². The van der Waals surface area contributed by atoms with Crippen LogP contribution < -0.4 is 0 Å². The van der Waals surface area contributed by atoms with Gasteiger partial charge in [0.15, 0.2) is 0 Å². The lowest BCUT2D eigenvalue weighted by Crippen LogP contribution is -2.02. The van der Waals surface area contributed by atoms with Crippen LogP contribution in [0, 0.1) is 5.92 Å². The average Bonchev–Trinajstić information content (AvgIpc) is 2.07. The Bertz CT molecular complexity index is 233. The van der Waals surface area contributed by atoms with Gasteiger partial charge in [0.2, 0.25) is 0 Å². The van der Waals surface area contributed by atoms with Crippen LogP contribution in [0.3, 0.4) is 0 Å². The average molecular weight is 160 g/mol. The molecule has 0 amide bonds. The van der Waals surface area contributed by atoms with Gasteiger partial charge in [-0.05, 0) is 11.5 Å². The van der Waals surface area contributed by atoms with Crippen LogP contribution in [-0.4, -0.2) is 0 Å². The van der Waals surface area contributed by atoms with Crippen LogP contribution in [0.4, 0.5) is 0 Å². The number of hydrogen-bond donors (Lipinski definition) is 0. The molecule has 0 aliphatic heterocycles. The van der Waals surface area contributed by atoms with E-state index in [4.69, 9.17) is 0 Å². The third-order valence-electron chi connectivity index (χ3n) is 2.16. The van der Waals surface area contributed by atoms with Crippen molar-refractivity contribution in [3.63, 3.8) is 0 Å². The molecule has 0 radical (unpaired) electrons. The lowest BCUT2D eigenvalue weighted by Gasteiger charge is -2.16. The molecule has 0 aliphatic carbocycles. The van der Waals surface area contributed by atoms with E-state index in [2.05, 4.69) is 44.7 Å². The van der Waals surface area contributed by atoms with Crippen molar-refractivity contribution >= 4 is 0 Å². The van der Waals surface area contributed by atoms with Crippen molar-refractivity contribution in [1.29, 1.82) is 0 Å². The second-order valence-electron chi connectivity index (χ2n) is 3.42. The molecular formula is C12H16. The highest BCUT2D eigenvalue weighted by atomic mass is 14.1. The zero-order valence-electron chi connectivity index (χ0n) is 7.83. The van der Waals surface area contributed by atoms with Crippen molar-refractivity contribution in [2.45, 2.75) is 19.8 Å². The summed E-state index contributed by atoms with van der Waals surface area (Å²) in [6, 6.07) is 10.5. The molecule has 0 heterocycles.